The maximum atomic E-state index is 13.2. The van der Waals surface area contributed by atoms with Crippen molar-refractivity contribution in [3.05, 3.63) is 0 Å². The van der Waals surface area contributed by atoms with Gasteiger partial charge < -0.3 is 4.74 Å². The Bertz CT molecular complexity index is 280. The molecule has 0 aliphatic heterocycles. The lowest BCUT2D eigenvalue weighted by Gasteiger charge is -2.31. The molecule has 1 atom stereocenters. The summed E-state index contributed by atoms with van der Waals surface area (Å²) < 4.78 is 90.4. The zero-order valence-electron chi connectivity index (χ0n) is 9.45. The molecular formula is C9H11F7O2. The van der Waals surface area contributed by atoms with Gasteiger partial charge in [0.05, 0.1) is 12.5 Å². The molecule has 0 N–H and O–H groups in total. The predicted octanol–water partition coefficient (Wildman–Crippen LogP) is 3.41. The van der Waals surface area contributed by atoms with Crippen molar-refractivity contribution in [3.63, 3.8) is 0 Å². The van der Waals surface area contributed by atoms with Gasteiger partial charge in [0.2, 0.25) is 0 Å². The molecule has 0 aliphatic rings. The van der Waals surface area contributed by atoms with Crippen LogP contribution in [-0.2, 0) is 9.53 Å². The Labute approximate surface area is 98.1 Å². The summed E-state index contributed by atoms with van der Waals surface area (Å²) >= 11 is 0. The van der Waals surface area contributed by atoms with Crippen molar-refractivity contribution in [2.24, 2.45) is 5.92 Å². The highest BCUT2D eigenvalue weighted by atomic mass is 19.4. The van der Waals surface area contributed by atoms with Crippen molar-refractivity contribution in [1.29, 1.82) is 0 Å². The molecule has 0 radical (unpaired) electrons. The second-order valence-corrected chi connectivity index (χ2v) is 3.65. The van der Waals surface area contributed by atoms with E-state index in [1.807, 2.05) is 0 Å². The highest BCUT2D eigenvalue weighted by molar-refractivity contribution is 5.72. The van der Waals surface area contributed by atoms with Gasteiger partial charge in [0.1, 0.15) is 0 Å². The second kappa shape index (κ2) is 5.31. The van der Waals surface area contributed by atoms with Crippen molar-refractivity contribution in [1.82, 2.24) is 0 Å². The number of carbonyl (C=O) groups excluding carboxylic acids is 1. The number of ether oxygens (including phenoxy) is 1. The van der Waals surface area contributed by atoms with Gasteiger partial charge in [-0.25, -0.2) is 4.39 Å². The Kier molecular flexibility index (Phi) is 5.01. The molecule has 18 heavy (non-hydrogen) atoms. The molecule has 2 nitrogen and oxygen atoms in total. The summed E-state index contributed by atoms with van der Waals surface area (Å²) in [4.78, 5) is 11.0. The fourth-order valence-electron chi connectivity index (χ4n) is 1.18. The number of alkyl halides is 7. The topological polar surface area (TPSA) is 26.3 Å². The maximum absolute atomic E-state index is 13.2. The molecule has 0 bridgehead atoms. The zero-order valence-corrected chi connectivity index (χ0v) is 9.45. The molecular weight excluding hydrogens is 273 g/mol. The second-order valence-electron chi connectivity index (χ2n) is 3.65. The Morgan fingerprint density at radius 3 is 1.72 bits per heavy atom. The molecule has 0 rings (SSSR count). The summed E-state index contributed by atoms with van der Waals surface area (Å²) in [6.07, 6.45) is -14.4. The van der Waals surface area contributed by atoms with E-state index < -0.39 is 36.3 Å². The molecule has 0 amide bonds. The van der Waals surface area contributed by atoms with E-state index in [9.17, 15) is 35.5 Å². The standard InChI is InChI=1S/C9H11F7O2/c1-3-18-6(17)5(2)4-7(10,8(11,12)13)9(14,15)16/h5H,3-4H2,1-2H3. The predicted molar refractivity (Wildman–Crippen MR) is 46.4 cm³/mol. The first kappa shape index (κ1) is 17.0. The lowest BCUT2D eigenvalue weighted by molar-refractivity contribution is -0.345. The van der Waals surface area contributed by atoms with Crippen LogP contribution in [0.15, 0.2) is 0 Å². The van der Waals surface area contributed by atoms with Gasteiger partial charge in [-0.1, -0.05) is 6.92 Å². The van der Waals surface area contributed by atoms with Crippen LogP contribution in [0.5, 0.6) is 0 Å². The minimum Gasteiger partial charge on any atom is -0.466 e. The highest BCUT2D eigenvalue weighted by Gasteiger charge is 2.72. The van der Waals surface area contributed by atoms with Crippen molar-refractivity contribution in [3.8, 4) is 0 Å². The number of rotatable bonds is 4. The molecule has 0 saturated heterocycles. The summed E-state index contributed by atoms with van der Waals surface area (Å²) in [5.41, 5.74) is -5.42. The van der Waals surface area contributed by atoms with Gasteiger partial charge in [0, 0.05) is 6.42 Å². The normalized spacial score (nSPS) is 15.4. The molecule has 0 aromatic rings. The lowest BCUT2D eigenvalue weighted by Crippen LogP contribution is -2.54. The van der Waals surface area contributed by atoms with Crippen LogP contribution in [0, 0.1) is 5.92 Å². The molecule has 0 aromatic carbocycles. The van der Waals surface area contributed by atoms with Gasteiger partial charge in [-0.15, -0.1) is 0 Å². The molecule has 0 saturated carbocycles. The third-order valence-electron chi connectivity index (χ3n) is 2.18. The summed E-state index contributed by atoms with van der Waals surface area (Å²) in [7, 11) is 0. The van der Waals surface area contributed by atoms with Crippen molar-refractivity contribution in [2.45, 2.75) is 38.3 Å². The first-order valence-corrected chi connectivity index (χ1v) is 4.85. The third kappa shape index (κ3) is 3.49. The largest absolute Gasteiger partial charge is 0.466 e. The molecule has 1 unspecified atom stereocenters. The van der Waals surface area contributed by atoms with Gasteiger partial charge >= 0.3 is 18.3 Å². The summed E-state index contributed by atoms with van der Waals surface area (Å²) in [6.45, 7) is 1.84. The van der Waals surface area contributed by atoms with Crippen LogP contribution < -0.4 is 0 Å². The van der Waals surface area contributed by atoms with Crippen LogP contribution >= 0.6 is 0 Å². The summed E-state index contributed by atoms with van der Waals surface area (Å²) in [5, 5.41) is 0. The molecule has 0 aromatic heterocycles. The van der Waals surface area contributed by atoms with Crippen LogP contribution in [0.3, 0.4) is 0 Å². The van der Waals surface area contributed by atoms with E-state index in [2.05, 4.69) is 4.74 Å². The molecule has 0 fully saturated rings. The number of hydrogen-bond acceptors (Lipinski definition) is 2. The van der Waals surface area contributed by atoms with E-state index >= 15 is 0 Å². The average Bonchev–Trinajstić information content (AvgIpc) is 2.14. The molecule has 0 heterocycles. The van der Waals surface area contributed by atoms with E-state index in [1.54, 1.807) is 0 Å². The third-order valence-corrected chi connectivity index (χ3v) is 2.18. The number of carbonyl (C=O) groups is 1. The Balaban J connectivity index is 5.12. The van der Waals surface area contributed by atoms with Crippen LogP contribution in [0.25, 0.3) is 0 Å². The van der Waals surface area contributed by atoms with Crippen molar-refractivity contribution < 1.29 is 40.3 Å². The van der Waals surface area contributed by atoms with Gasteiger partial charge in [0.25, 0.3) is 5.67 Å². The number of hydrogen-bond donors (Lipinski definition) is 0. The molecule has 108 valence electrons. The maximum Gasteiger partial charge on any atom is 0.431 e. The minimum absolute atomic E-state index is 0.222. The van der Waals surface area contributed by atoms with Crippen LogP contribution in [-0.4, -0.2) is 30.6 Å². The molecule has 9 heteroatoms. The fourth-order valence-corrected chi connectivity index (χ4v) is 1.18. The molecule has 0 spiro atoms. The first-order valence-electron chi connectivity index (χ1n) is 4.85. The average molecular weight is 284 g/mol. The van der Waals surface area contributed by atoms with Crippen molar-refractivity contribution in [2.75, 3.05) is 6.61 Å². The number of halogens is 7. The Morgan fingerprint density at radius 1 is 1.06 bits per heavy atom. The highest BCUT2D eigenvalue weighted by Crippen LogP contribution is 2.49. The monoisotopic (exact) mass is 284 g/mol. The summed E-state index contributed by atoms with van der Waals surface area (Å²) in [6, 6.07) is 0. The van der Waals surface area contributed by atoms with Gasteiger partial charge in [0.15, 0.2) is 0 Å². The van der Waals surface area contributed by atoms with Crippen LogP contribution in [0.2, 0.25) is 0 Å². The lowest BCUT2D eigenvalue weighted by atomic mass is 9.91. The van der Waals surface area contributed by atoms with E-state index in [-0.39, 0.29) is 6.61 Å². The first-order chi connectivity index (χ1) is 7.87. The van der Waals surface area contributed by atoms with E-state index in [0.29, 0.717) is 0 Å². The SMILES string of the molecule is CCOC(=O)C(C)CC(F)(C(F)(F)F)C(F)(F)F. The van der Waals surface area contributed by atoms with Gasteiger partial charge in [-0.05, 0) is 6.92 Å². The minimum atomic E-state index is -6.15. The summed E-state index contributed by atoms with van der Waals surface area (Å²) in [5.74, 6) is -3.17. The van der Waals surface area contributed by atoms with Crippen molar-refractivity contribution >= 4 is 5.97 Å². The van der Waals surface area contributed by atoms with E-state index in [4.69, 9.17) is 0 Å². The quantitative estimate of drug-likeness (QED) is 0.584. The zero-order chi connectivity index (χ0) is 14.8. The van der Waals surface area contributed by atoms with E-state index in [1.165, 1.54) is 6.92 Å². The van der Waals surface area contributed by atoms with E-state index in [0.717, 1.165) is 6.92 Å². The Morgan fingerprint density at radius 2 is 1.44 bits per heavy atom. The smallest absolute Gasteiger partial charge is 0.431 e. The van der Waals surface area contributed by atoms with Gasteiger partial charge in [-0.2, -0.15) is 26.3 Å². The van der Waals surface area contributed by atoms with Gasteiger partial charge in [-0.3, -0.25) is 4.79 Å². The number of esters is 1. The fraction of sp³-hybridized carbons (Fsp3) is 0.889. The molecule has 0 aliphatic carbocycles. The van der Waals surface area contributed by atoms with Crippen LogP contribution in [0.1, 0.15) is 20.3 Å². The van der Waals surface area contributed by atoms with Crippen LogP contribution in [0.4, 0.5) is 30.7 Å². The Hall–Kier alpha value is -1.02.